The molecule has 0 unspecified atom stereocenters. The molecule has 2 amide bonds. The molecule has 5 nitrogen and oxygen atoms in total. The van der Waals surface area contributed by atoms with Crippen LogP contribution in [-0.2, 0) is 4.79 Å². The van der Waals surface area contributed by atoms with E-state index in [0.717, 1.165) is 12.1 Å². The summed E-state index contributed by atoms with van der Waals surface area (Å²) in [7, 11) is 0. The molecule has 0 fully saturated rings. The quantitative estimate of drug-likeness (QED) is 0.893. The van der Waals surface area contributed by atoms with Gasteiger partial charge in [-0.05, 0) is 43.8 Å². The molecule has 2 aromatic rings. The maximum Gasteiger partial charge on any atom is 0.265 e. The summed E-state index contributed by atoms with van der Waals surface area (Å²) in [4.78, 5) is 27.5. The second-order valence-corrected chi connectivity index (χ2v) is 7.69. The van der Waals surface area contributed by atoms with Crippen molar-refractivity contribution in [1.82, 2.24) is 0 Å². The normalized spacial score (nSPS) is 16.0. The SMILES string of the molecule is CCCN1C(=O)C(C)(C)COc2cc(NC(=O)c3cccs3)ccc21. The van der Waals surface area contributed by atoms with Gasteiger partial charge in [0.25, 0.3) is 5.91 Å². The minimum atomic E-state index is -0.589. The van der Waals surface area contributed by atoms with E-state index < -0.39 is 5.41 Å². The van der Waals surface area contributed by atoms with E-state index in [1.54, 1.807) is 17.0 Å². The lowest BCUT2D eigenvalue weighted by Gasteiger charge is -2.27. The number of hydrogen-bond donors (Lipinski definition) is 1. The third-order valence-corrected chi connectivity index (χ3v) is 4.98. The molecule has 0 saturated carbocycles. The summed E-state index contributed by atoms with van der Waals surface area (Å²) < 4.78 is 5.91. The fourth-order valence-corrected chi connectivity index (χ4v) is 3.39. The molecule has 1 aliphatic heterocycles. The van der Waals surface area contributed by atoms with Gasteiger partial charge < -0.3 is 15.0 Å². The molecule has 0 spiro atoms. The molecule has 3 rings (SSSR count). The molecule has 1 aromatic heterocycles. The van der Waals surface area contributed by atoms with Gasteiger partial charge in [-0.15, -0.1) is 11.3 Å². The van der Waals surface area contributed by atoms with Crippen molar-refractivity contribution in [2.24, 2.45) is 5.41 Å². The topological polar surface area (TPSA) is 58.6 Å². The standard InChI is InChI=1S/C19H22N2O3S/c1-4-9-21-14-8-7-13(20-17(22)16-6-5-10-25-16)11-15(14)24-12-19(2,3)18(21)23/h5-8,10-11H,4,9,12H2,1-3H3,(H,20,22). The Morgan fingerprint density at radius 2 is 2.16 bits per heavy atom. The summed E-state index contributed by atoms with van der Waals surface area (Å²) in [6.45, 7) is 6.77. The Morgan fingerprint density at radius 3 is 2.84 bits per heavy atom. The van der Waals surface area contributed by atoms with Crippen LogP contribution in [0.3, 0.4) is 0 Å². The number of anilines is 2. The smallest absolute Gasteiger partial charge is 0.265 e. The number of rotatable bonds is 4. The van der Waals surface area contributed by atoms with E-state index >= 15 is 0 Å². The fraction of sp³-hybridized carbons (Fsp3) is 0.368. The molecule has 0 saturated heterocycles. The third-order valence-electron chi connectivity index (χ3n) is 4.11. The third kappa shape index (κ3) is 3.54. The number of carbonyl (C=O) groups is 2. The minimum Gasteiger partial charge on any atom is -0.490 e. The molecule has 132 valence electrons. The van der Waals surface area contributed by atoms with E-state index in [2.05, 4.69) is 5.32 Å². The van der Waals surface area contributed by atoms with Crippen molar-refractivity contribution in [3.63, 3.8) is 0 Å². The summed E-state index contributed by atoms with van der Waals surface area (Å²) in [5.41, 5.74) is 0.821. The number of thiophene rings is 1. The van der Waals surface area contributed by atoms with Gasteiger partial charge in [0.15, 0.2) is 0 Å². The molecular weight excluding hydrogens is 336 g/mol. The predicted octanol–water partition coefficient (Wildman–Crippen LogP) is 4.16. The van der Waals surface area contributed by atoms with E-state index in [1.165, 1.54) is 11.3 Å². The lowest BCUT2D eigenvalue weighted by Crippen LogP contribution is -2.42. The largest absolute Gasteiger partial charge is 0.490 e. The number of fused-ring (bicyclic) bond motifs is 1. The Balaban J connectivity index is 1.90. The Kier molecular flexibility index (Phi) is 4.81. The molecular formula is C19H22N2O3S. The molecule has 0 atom stereocenters. The molecule has 0 aliphatic carbocycles. The van der Waals surface area contributed by atoms with E-state index in [-0.39, 0.29) is 11.8 Å². The van der Waals surface area contributed by atoms with Crippen LogP contribution in [0.25, 0.3) is 0 Å². The van der Waals surface area contributed by atoms with E-state index in [0.29, 0.717) is 29.5 Å². The number of amides is 2. The van der Waals surface area contributed by atoms with Crippen molar-refractivity contribution >= 4 is 34.5 Å². The zero-order valence-electron chi connectivity index (χ0n) is 14.7. The van der Waals surface area contributed by atoms with E-state index in [1.807, 2.05) is 44.4 Å². The van der Waals surface area contributed by atoms with E-state index in [4.69, 9.17) is 4.74 Å². The van der Waals surface area contributed by atoms with Gasteiger partial charge in [0.2, 0.25) is 5.91 Å². The molecule has 1 N–H and O–H groups in total. The van der Waals surface area contributed by atoms with Crippen LogP contribution in [0.1, 0.15) is 36.9 Å². The summed E-state index contributed by atoms with van der Waals surface area (Å²) in [6.07, 6.45) is 0.859. The molecule has 1 aliphatic rings. The van der Waals surface area contributed by atoms with Gasteiger partial charge in [0, 0.05) is 18.3 Å². The van der Waals surface area contributed by atoms with Gasteiger partial charge in [0.05, 0.1) is 16.0 Å². The maximum absolute atomic E-state index is 12.8. The number of benzene rings is 1. The molecule has 0 radical (unpaired) electrons. The minimum absolute atomic E-state index is 0.0588. The van der Waals surface area contributed by atoms with Crippen molar-refractivity contribution in [3.8, 4) is 5.75 Å². The molecule has 25 heavy (non-hydrogen) atoms. The van der Waals surface area contributed by atoms with Gasteiger partial charge >= 0.3 is 0 Å². The molecule has 1 aromatic carbocycles. The number of nitrogens with zero attached hydrogens (tertiary/aromatic N) is 1. The Labute approximate surface area is 151 Å². The first-order valence-corrected chi connectivity index (χ1v) is 9.24. The van der Waals surface area contributed by atoms with Crippen LogP contribution in [0.5, 0.6) is 5.75 Å². The van der Waals surface area contributed by atoms with Crippen LogP contribution in [0.4, 0.5) is 11.4 Å². The average molecular weight is 358 g/mol. The first kappa shape index (κ1) is 17.5. The van der Waals surface area contributed by atoms with Crippen molar-refractivity contribution < 1.29 is 14.3 Å². The van der Waals surface area contributed by atoms with Crippen molar-refractivity contribution in [1.29, 1.82) is 0 Å². The number of nitrogens with one attached hydrogen (secondary N) is 1. The highest BCUT2D eigenvalue weighted by atomic mass is 32.1. The highest BCUT2D eigenvalue weighted by Gasteiger charge is 2.37. The zero-order chi connectivity index (χ0) is 18.0. The Bertz CT molecular complexity index is 784. The van der Waals surface area contributed by atoms with Gasteiger partial charge in [-0.2, -0.15) is 0 Å². The number of ether oxygens (including phenoxy) is 1. The Hall–Kier alpha value is -2.34. The van der Waals surface area contributed by atoms with Gasteiger partial charge in [0.1, 0.15) is 12.4 Å². The first-order valence-electron chi connectivity index (χ1n) is 8.36. The second-order valence-electron chi connectivity index (χ2n) is 6.74. The van der Waals surface area contributed by atoms with Crippen LogP contribution in [0.2, 0.25) is 0 Å². The molecule has 6 heteroatoms. The molecule has 2 heterocycles. The monoisotopic (exact) mass is 358 g/mol. The Morgan fingerprint density at radius 1 is 1.36 bits per heavy atom. The van der Waals surface area contributed by atoms with Crippen molar-refractivity contribution in [2.45, 2.75) is 27.2 Å². The van der Waals surface area contributed by atoms with Gasteiger partial charge in [-0.1, -0.05) is 13.0 Å². The maximum atomic E-state index is 12.8. The summed E-state index contributed by atoms with van der Waals surface area (Å²) in [6, 6.07) is 9.06. The fourth-order valence-electron chi connectivity index (χ4n) is 2.77. The van der Waals surface area contributed by atoms with Gasteiger partial charge in [-0.3, -0.25) is 9.59 Å². The summed E-state index contributed by atoms with van der Waals surface area (Å²) >= 11 is 1.39. The van der Waals surface area contributed by atoms with Crippen LogP contribution in [0.15, 0.2) is 35.7 Å². The lowest BCUT2D eigenvalue weighted by atomic mass is 9.93. The first-order chi connectivity index (χ1) is 11.9. The predicted molar refractivity (Wildman–Crippen MR) is 101 cm³/mol. The lowest BCUT2D eigenvalue weighted by molar-refractivity contribution is -0.127. The van der Waals surface area contributed by atoms with Crippen LogP contribution in [0, 0.1) is 5.41 Å². The van der Waals surface area contributed by atoms with Crippen LogP contribution in [-0.4, -0.2) is 25.0 Å². The zero-order valence-corrected chi connectivity index (χ0v) is 15.5. The van der Waals surface area contributed by atoms with E-state index in [9.17, 15) is 9.59 Å². The summed E-state index contributed by atoms with van der Waals surface area (Å²) in [5.74, 6) is 0.533. The highest BCUT2D eigenvalue weighted by molar-refractivity contribution is 7.12. The molecule has 0 bridgehead atoms. The average Bonchev–Trinajstić information content (AvgIpc) is 3.10. The summed E-state index contributed by atoms with van der Waals surface area (Å²) in [5, 5.41) is 4.75. The van der Waals surface area contributed by atoms with Crippen molar-refractivity contribution in [3.05, 3.63) is 40.6 Å². The number of carbonyl (C=O) groups excluding carboxylic acids is 2. The van der Waals surface area contributed by atoms with Crippen molar-refractivity contribution in [2.75, 3.05) is 23.4 Å². The van der Waals surface area contributed by atoms with Gasteiger partial charge in [-0.25, -0.2) is 0 Å². The van der Waals surface area contributed by atoms with Crippen LogP contribution >= 0.6 is 11.3 Å². The highest BCUT2D eigenvalue weighted by Crippen LogP contribution is 2.38. The second kappa shape index (κ2) is 6.88. The number of hydrogen-bond acceptors (Lipinski definition) is 4. The van der Waals surface area contributed by atoms with Crippen LogP contribution < -0.4 is 15.0 Å².